The highest BCUT2D eigenvalue weighted by atomic mass is 19.1. The maximum absolute atomic E-state index is 13.2. The lowest BCUT2D eigenvalue weighted by atomic mass is 10.1. The lowest BCUT2D eigenvalue weighted by molar-refractivity contribution is 0.176. The van der Waals surface area contributed by atoms with E-state index in [9.17, 15) is 4.39 Å². The second kappa shape index (κ2) is 7.61. The molecular formula is C16H27FN2. The van der Waals surface area contributed by atoms with Gasteiger partial charge in [0.1, 0.15) is 5.82 Å². The Balaban J connectivity index is 2.40. The summed E-state index contributed by atoms with van der Waals surface area (Å²) in [6.45, 7) is 13.6. The molecule has 0 aliphatic carbocycles. The van der Waals surface area contributed by atoms with Crippen LogP contribution in [-0.4, -0.2) is 30.1 Å². The van der Waals surface area contributed by atoms with Crippen LogP contribution in [0.5, 0.6) is 0 Å². The second-order valence-electron chi connectivity index (χ2n) is 5.67. The van der Waals surface area contributed by atoms with Crippen molar-refractivity contribution in [3.63, 3.8) is 0 Å². The van der Waals surface area contributed by atoms with Gasteiger partial charge in [-0.3, -0.25) is 4.90 Å². The summed E-state index contributed by atoms with van der Waals surface area (Å²) in [4.78, 5) is 2.45. The average molecular weight is 266 g/mol. The van der Waals surface area contributed by atoms with Gasteiger partial charge < -0.3 is 5.32 Å². The Morgan fingerprint density at radius 3 is 2.37 bits per heavy atom. The van der Waals surface area contributed by atoms with E-state index < -0.39 is 0 Å². The Bertz CT molecular complexity index is 380. The monoisotopic (exact) mass is 266 g/mol. The first-order chi connectivity index (χ1) is 8.91. The molecule has 0 unspecified atom stereocenters. The van der Waals surface area contributed by atoms with Gasteiger partial charge >= 0.3 is 0 Å². The fourth-order valence-electron chi connectivity index (χ4n) is 2.37. The fraction of sp³-hybridized carbons (Fsp3) is 0.625. The minimum Gasteiger partial charge on any atom is -0.311 e. The van der Waals surface area contributed by atoms with Crippen LogP contribution in [0, 0.1) is 12.7 Å². The van der Waals surface area contributed by atoms with Gasteiger partial charge in [0.25, 0.3) is 0 Å². The molecule has 0 saturated carbocycles. The van der Waals surface area contributed by atoms with Gasteiger partial charge in [-0.05, 0) is 57.9 Å². The van der Waals surface area contributed by atoms with Crippen LogP contribution in [0.4, 0.5) is 4.39 Å². The summed E-state index contributed by atoms with van der Waals surface area (Å²) in [5, 5.41) is 3.40. The molecule has 0 saturated heterocycles. The van der Waals surface area contributed by atoms with Crippen LogP contribution in [-0.2, 0) is 6.54 Å². The highest BCUT2D eigenvalue weighted by molar-refractivity contribution is 5.26. The molecule has 0 radical (unpaired) electrons. The number of halogens is 1. The number of aryl methyl sites for hydroxylation is 1. The third kappa shape index (κ3) is 5.29. The molecule has 2 nitrogen and oxygen atoms in total. The molecule has 108 valence electrons. The van der Waals surface area contributed by atoms with E-state index in [1.165, 1.54) is 6.07 Å². The van der Waals surface area contributed by atoms with E-state index in [0.29, 0.717) is 12.1 Å². The zero-order chi connectivity index (χ0) is 14.4. The molecule has 0 spiro atoms. The molecule has 1 aromatic rings. The number of benzene rings is 1. The predicted octanol–water partition coefficient (Wildman–Crippen LogP) is 3.34. The summed E-state index contributed by atoms with van der Waals surface area (Å²) >= 11 is 0. The van der Waals surface area contributed by atoms with Crippen LogP contribution in [0.3, 0.4) is 0 Å². The largest absolute Gasteiger partial charge is 0.311 e. The lowest BCUT2D eigenvalue weighted by Gasteiger charge is -2.30. The van der Waals surface area contributed by atoms with Crippen LogP contribution in [0.25, 0.3) is 0 Å². The van der Waals surface area contributed by atoms with Crippen molar-refractivity contribution in [2.45, 2.75) is 53.2 Å². The molecule has 0 aliphatic rings. The summed E-state index contributed by atoms with van der Waals surface area (Å²) in [5.41, 5.74) is 2.18. The molecule has 1 N–H and O–H groups in total. The quantitative estimate of drug-likeness (QED) is 0.761. The zero-order valence-corrected chi connectivity index (χ0v) is 12.8. The first-order valence-electron chi connectivity index (χ1n) is 7.13. The SMILES string of the molecule is Cc1ccc(F)cc1CNCCN(C(C)C)C(C)C. The first kappa shape index (κ1) is 16.1. The molecule has 0 aromatic heterocycles. The smallest absolute Gasteiger partial charge is 0.123 e. The Morgan fingerprint density at radius 2 is 1.79 bits per heavy atom. The Labute approximate surface area is 117 Å². The molecule has 19 heavy (non-hydrogen) atoms. The van der Waals surface area contributed by atoms with Crippen LogP contribution < -0.4 is 5.32 Å². The Morgan fingerprint density at radius 1 is 1.16 bits per heavy atom. The van der Waals surface area contributed by atoms with E-state index >= 15 is 0 Å². The van der Waals surface area contributed by atoms with Crippen molar-refractivity contribution in [1.82, 2.24) is 10.2 Å². The minimum absolute atomic E-state index is 0.159. The number of hydrogen-bond acceptors (Lipinski definition) is 2. The molecular weight excluding hydrogens is 239 g/mol. The lowest BCUT2D eigenvalue weighted by Crippen LogP contribution is -2.41. The molecule has 1 rings (SSSR count). The van der Waals surface area contributed by atoms with Gasteiger partial charge in [-0.15, -0.1) is 0 Å². The van der Waals surface area contributed by atoms with Crippen molar-refractivity contribution in [2.24, 2.45) is 0 Å². The molecule has 1 aromatic carbocycles. The van der Waals surface area contributed by atoms with Gasteiger partial charge in [0, 0.05) is 31.7 Å². The van der Waals surface area contributed by atoms with E-state index in [0.717, 1.165) is 30.8 Å². The van der Waals surface area contributed by atoms with Gasteiger partial charge in [-0.25, -0.2) is 4.39 Å². The minimum atomic E-state index is -0.159. The first-order valence-corrected chi connectivity index (χ1v) is 7.13. The van der Waals surface area contributed by atoms with Crippen molar-refractivity contribution < 1.29 is 4.39 Å². The van der Waals surface area contributed by atoms with Crippen LogP contribution in [0.2, 0.25) is 0 Å². The van der Waals surface area contributed by atoms with Crippen molar-refractivity contribution >= 4 is 0 Å². The number of nitrogens with zero attached hydrogens (tertiary/aromatic N) is 1. The van der Waals surface area contributed by atoms with Gasteiger partial charge in [0.2, 0.25) is 0 Å². The Hall–Kier alpha value is -0.930. The number of nitrogens with one attached hydrogen (secondary N) is 1. The maximum Gasteiger partial charge on any atom is 0.123 e. The molecule has 3 heteroatoms. The van der Waals surface area contributed by atoms with Crippen molar-refractivity contribution in [3.8, 4) is 0 Å². The van der Waals surface area contributed by atoms with Crippen molar-refractivity contribution in [1.29, 1.82) is 0 Å². The third-order valence-corrected chi connectivity index (χ3v) is 3.50. The van der Waals surface area contributed by atoms with Crippen molar-refractivity contribution in [2.75, 3.05) is 13.1 Å². The highest BCUT2D eigenvalue weighted by Gasteiger charge is 2.12. The zero-order valence-electron chi connectivity index (χ0n) is 12.8. The van der Waals surface area contributed by atoms with Crippen LogP contribution in [0.1, 0.15) is 38.8 Å². The average Bonchev–Trinajstić information content (AvgIpc) is 2.32. The molecule has 0 atom stereocenters. The van der Waals surface area contributed by atoms with Crippen LogP contribution >= 0.6 is 0 Å². The molecule has 0 amide bonds. The van der Waals surface area contributed by atoms with Gasteiger partial charge in [0.05, 0.1) is 0 Å². The summed E-state index contributed by atoms with van der Waals surface area (Å²) in [7, 11) is 0. The van der Waals surface area contributed by atoms with E-state index in [2.05, 4.69) is 37.9 Å². The topological polar surface area (TPSA) is 15.3 Å². The second-order valence-corrected chi connectivity index (χ2v) is 5.67. The summed E-state index contributed by atoms with van der Waals surface area (Å²) in [6, 6.07) is 6.07. The molecule has 0 fully saturated rings. The van der Waals surface area contributed by atoms with E-state index in [1.807, 2.05) is 13.0 Å². The van der Waals surface area contributed by atoms with E-state index in [4.69, 9.17) is 0 Å². The number of rotatable bonds is 7. The van der Waals surface area contributed by atoms with Crippen LogP contribution in [0.15, 0.2) is 18.2 Å². The predicted molar refractivity (Wildman–Crippen MR) is 79.8 cm³/mol. The van der Waals surface area contributed by atoms with Gasteiger partial charge in [0.15, 0.2) is 0 Å². The summed E-state index contributed by atoms with van der Waals surface area (Å²) in [6.07, 6.45) is 0. The standard InChI is InChI=1S/C16H27FN2/c1-12(2)19(13(3)4)9-8-18-11-15-10-16(17)7-6-14(15)5/h6-7,10,12-13,18H,8-9,11H2,1-5H3. The fourth-order valence-corrected chi connectivity index (χ4v) is 2.37. The highest BCUT2D eigenvalue weighted by Crippen LogP contribution is 2.10. The van der Waals surface area contributed by atoms with E-state index in [1.54, 1.807) is 6.07 Å². The van der Waals surface area contributed by atoms with E-state index in [-0.39, 0.29) is 5.82 Å². The van der Waals surface area contributed by atoms with Gasteiger partial charge in [-0.1, -0.05) is 6.07 Å². The normalized spacial score (nSPS) is 11.8. The molecule has 0 bridgehead atoms. The van der Waals surface area contributed by atoms with Gasteiger partial charge in [-0.2, -0.15) is 0 Å². The maximum atomic E-state index is 13.2. The summed E-state index contributed by atoms with van der Waals surface area (Å²) < 4.78 is 13.2. The third-order valence-electron chi connectivity index (χ3n) is 3.50. The molecule has 0 heterocycles. The number of hydrogen-bond donors (Lipinski definition) is 1. The summed E-state index contributed by atoms with van der Waals surface area (Å²) in [5.74, 6) is -0.159. The molecule has 0 aliphatic heterocycles. The Kier molecular flexibility index (Phi) is 6.46. The van der Waals surface area contributed by atoms with Crippen molar-refractivity contribution in [3.05, 3.63) is 35.1 Å².